The van der Waals surface area contributed by atoms with E-state index >= 15 is 0 Å². The SMILES string of the molecule is CCN(c1ccccc1)C(C)OCc1c(Cl)cccc1Cl. The van der Waals surface area contributed by atoms with Crippen molar-refractivity contribution in [2.75, 3.05) is 11.4 Å². The zero-order valence-electron chi connectivity index (χ0n) is 12.2. The highest BCUT2D eigenvalue weighted by Crippen LogP contribution is 2.26. The lowest BCUT2D eigenvalue weighted by atomic mass is 10.2. The van der Waals surface area contributed by atoms with Crippen molar-refractivity contribution in [2.45, 2.75) is 26.7 Å². The Kier molecular flexibility index (Phi) is 5.92. The van der Waals surface area contributed by atoms with Crippen LogP contribution in [0.5, 0.6) is 0 Å². The van der Waals surface area contributed by atoms with E-state index in [1.807, 2.05) is 43.3 Å². The van der Waals surface area contributed by atoms with Crippen molar-refractivity contribution in [1.29, 1.82) is 0 Å². The minimum atomic E-state index is -0.0651. The van der Waals surface area contributed by atoms with E-state index in [9.17, 15) is 0 Å². The number of rotatable bonds is 6. The highest BCUT2D eigenvalue weighted by molar-refractivity contribution is 6.35. The summed E-state index contributed by atoms with van der Waals surface area (Å²) in [5, 5.41) is 1.27. The number of nitrogens with zero attached hydrogens (tertiary/aromatic N) is 1. The molecular weight excluding hydrogens is 305 g/mol. The van der Waals surface area contributed by atoms with Gasteiger partial charge in [-0.3, -0.25) is 0 Å². The van der Waals surface area contributed by atoms with Gasteiger partial charge in [0.1, 0.15) is 6.23 Å². The standard InChI is InChI=1S/C17H19Cl2NO/c1-3-20(14-8-5-4-6-9-14)13(2)21-12-15-16(18)10-7-11-17(15)19/h4-11,13H,3,12H2,1-2H3. The van der Waals surface area contributed by atoms with Crippen molar-refractivity contribution >= 4 is 28.9 Å². The van der Waals surface area contributed by atoms with Gasteiger partial charge in [-0.1, -0.05) is 47.5 Å². The smallest absolute Gasteiger partial charge is 0.127 e. The topological polar surface area (TPSA) is 12.5 Å². The largest absolute Gasteiger partial charge is 0.354 e. The average molecular weight is 324 g/mol. The van der Waals surface area contributed by atoms with E-state index in [4.69, 9.17) is 27.9 Å². The Balaban J connectivity index is 2.05. The second kappa shape index (κ2) is 7.69. The molecule has 0 radical (unpaired) electrons. The van der Waals surface area contributed by atoms with E-state index in [2.05, 4.69) is 24.0 Å². The lowest BCUT2D eigenvalue weighted by Gasteiger charge is -2.30. The summed E-state index contributed by atoms with van der Waals surface area (Å²) in [5.74, 6) is 0. The Hall–Kier alpha value is -1.22. The molecule has 1 atom stereocenters. The molecule has 0 N–H and O–H groups in total. The van der Waals surface area contributed by atoms with Crippen LogP contribution in [0.1, 0.15) is 19.4 Å². The Bertz CT molecular complexity index is 554. The van der Waals surface area contributed by atoms with Crippen LogP contribution in [0.2, 0.25) is 10.0 Å². The molecule has 0 amide bonds. The average Bonchev–Trinajstić information content (AvgIpc) is 2.48. The van der Waals surface area contributed by atoms with E-state index in [-0.39, 0.29) is 6.23 Å². The molecule has 112 valence electrons. The van der Waals surface area contributed by atoms with Crippen molar-refractivity contribution in [2.24, 2.45) is 0 Å². The predicted molar refractivity (Wildman–Crippen MR) is 90.2 cm³/mol. The number of para-hydroxylation sites is 1. The number of anilines is 1. The summed E-state index contributed by atoms with van der Waals surface area (Å²) in [6, 6.07) is 15.7. The van der Waals surface area contributed by atoms with Crippen molar-refractivity contribution in [3.63, 3.8) is 0 Å². The molecule has 21 heavy (non-hydrogen) atoms. The van der Waals surface area contributed by atoms with Gasteiger partial charge >= 0.3 is 0 Å². The van der Waals surface area contributed by atoms with Crippen LogP contribution in [0.3, 0.4) is 0 Å². The fraction of sp³-hybridized carbons (Fsp3) is 0.294. The van der Waals surface area contributed by atoms with Gasteiger partial charge in [-0.15, -0.1) is 0 Å². The van der Waals surface area contributed by atoms with Crippen LogP contribution >= 0.6 is 23.2 Å². The molecule has 0 saturated carbocycles. The van der Waals surface area contributed by atoms with Crippen LogP contribution in [-0.2, 0) is 11.3 Å². The van der Waals surface area contributed by atoms with Gasteiger partial charge in [0.15, 0.2) is 0 Å². The van der Waals surface area contributed by atoms with Gasteiger partial charge in [-0.25, -0.2) is 0 Å². The highest BCUT2D eigenvalue weighted by atomic mass is 35.5. The third kappa shape index (κ3) is 4.13. The number of halogens is 2. The van der Waals surface area contributed by atoms with E-state index in [0.29, 0.717) is 16.7 Å². The molecule has 0 saturated heterocycles. The monoisotopic (exact) mass is 323 g/mol. The van der Waals surface area contributed by atoms with Gasteiger partial charge in [-0.2, -0.15) is 0 Å². The van der Waals surface area contributed by atoms with Crippen molar-refractivity contribution in [1.82, 2.24) is 0 Å². The molecule has 1 unspecified atom stereocenters. The summed E-state index contributed by atoms with van der Waals surface area (Å²) in [4.78, 5) is 2.19. The Morgan fingerprint density at radius 1 is 1.00 bits per heavy atom. The molecular formula is C17H19Cl2NO. The maximum Gasteiger partial charge on any atom is 0.127 e. The zero-order valence-corrected chi connectivity index (χ0v) is 13.7. The lowest BCUT2D eigenvalue weighted by molar-refractivity contribution is 0.0513. The van der Waals surface area contributed by atoms with Gasteiger partial charge in [0.05, 0.1) is 6.61 Å². The number of hydrogen-bond acceptors (Lipinski definition) is 2. The van der Waals surface area contributed by atoms with Crippen LogP contribution in [0.4, 0.5) is 5.69 Å². The molecule has 0 fully saturated rings. The maximum atomic E-state index is 6.17. The van der Waals surface area contributed by atoms with E-state index < -0.39 is 0 Å². The molecule has 4 heteroatoms. The van der Waals surface area contributed by atoms with Gasteiger partial charge in [-0.05, 0) is 38.1 Å². The number of hydrogen-bond donors (Lipinski definition) is 0. The third-order valence-corrected chi connectivity index (χ3v) is 4.11. The summed E-state index contributed by atoms with van der Waals surface area (Å²) in [6.45, 7) is 5.39. The summed E-state index contributed by atoms with van der Waals surface area (Å²) in [6.07, 6.45) is -0.0651. The highest BCUT2D eigenvalue weighted by Gasteiger charge is 2.14. The first-order valence-corrected chi connectivity index (χ1v) is 7.75. The molecule has 2 rings (SSSR count). The van der Waals surface area contributed by atoms with Crippen LogP contribution in [0.15, 0.2) is 48.5 Å². The number of ether oxygens (including phenoxy) is 1. The van der Waals surface area contributed by atoms with Crippen LogP contribution in [-0.4, -0.2) is 12.8 Å². The summed E-state index contributed by atoms with van der Waals surface area (Å²) in [7, 11) is 0. The first-order chi connectivity index (χ1) is 10.1. The number of benzene rings is 2. The summed E-state index contributed by atoms with van der Waals surface area (Å²) in [5.41, 5.74) is 1.97. The molecule has 0 aromatic heterocycles. The zero-order chi connectivity index (χ0) is 15.2. The molecule has 0 aliphatic rings. The minimum Gasteiger partial charge on any atom is -0.354 e. The van der Waals surface area contributed by atoms with Crippen LogP contribution < -0.4 is 4.90 Å². The first-order valence-electron chi connectivity index (χ1n) is 6.99. The molecule has 2 aromatic rings. The Morgan fingerprint density at radius 3 is 2.19 bits per heavy atom. The molecule has 0 aliphatic heterocycles. The minimum absolute atomic E-state index is 0.0651. The normalized spacial score (nSPS) is 12.2. The van der Waals surface area contributed by atoms with E-state index in [1.54, 1.807) is 0 Å². The van der Waals surface area contributed by atoms with Crippen molar-refractivity contribution in [3.8, 4) is 0 Å². The summed E-state index contributed by atoms with van der Waals surface area (Å²) >= 11 is 12.3. The Labute approximate surface area is 136 Å². The predicted octanol–water partition coefficient (Wildman–Crippen LogP) is 5.38. The van der Waals surface area contributed by atoms with Gasteiger partial charge in [0, 0.05) is 27.8 Å². The Morgan fingerprint density at radius 2 is 1.62 bits per heavy atom. The van der Waals surface area contributed by atoms with E-state index in [1.165, 1.54) is 0 Å². The van der Waals surface area contributed by atoms with Crippen molar-refractivity contribution in [3.05, 3.63) is 64.1 Å². The maximum absolute atomic E-state index is 6.17. The fourth-order valence-electron chi connectivity index (χ4n) is 2.23. The second-order valence-corrected chi connectivity index (χ2v) is 5.55. The quantitative estimate of drug-likeness (QED) is 0.661. The molecule has 0 bridgehead atoms. The van der Waals surface area contributed by atoms with Crippen LogP contribution in [0.25, 0.3) is 0 Å². The van der Waals surface area contributed by atoms with Gasteiger partial charge in [0.25, 0.3) is 0 Å². The molecule has 2 nitrogen and oxygen atoms in total. The third-order valence-electron chi connectivity index (χ3n) is 3.40. The first kappa shape index (κ1) is 16.2. The van der Waals surface area contributed by atoms with Crippen LogP contribution in [0, 0.1) is 0 Å². The second-order valence-electron chi connectivity index (χ2n) is 4.73. The lowest BCUT2D eigenvalue weighted by Crippen LogP contribution is -2.34. The van der Waals surface area contributed by atoms with Crippen molar-refractivity contribution < 1.29 is 4.74 Å². The molecule has 0 heterocycles. The van der Waals surface area contributed by atoms with Gasteiger partial charge in [0.2, 0.25) is 0 Å². The fourth-order valence-corrected chi connectivity index (χ4v) is 2.74. The molecule has 0 aliphatic carbocycles. The van der Waals surface area contributed by atoms with E-state index in [0.717, 1.165) is 17.8 Å². The summed E-state index contributed by atoms with van der Waals surface area (Å²) < 4.78 is 5.95. The molecule has 0 spiro atoms. The molecule has 2 aromatic carbocycles. The van der Waals surface area contributed by atoms with Gasteiger partial charge < -0.3 is 9.64 Å².